The molecule has 0 heterocycles. The summed E-state index contributed by atoms with van der Waals surface area (Å²) in [6.07, 6.45) is 2.35. The lowest BCUT2D eigenvalue weighted by Gasteiger charge is -2.05. The van der Waals surface area contributed by atoms with Crippen molar-refractivity contribution in [2.24, 2.45) is 5.92 Å². The topological polar surface area (TPSA) is 0 Å². The van der Waals surface area contributed by atoms with E-state index in [1.165, 1.54) is 17.5 Å². The molecule has 16 heavy (non-hydrogen) atoms. The van der Waals surface area contributed by atoms with Crippen LogP contribution in [0, 0.1) is 5.92 Å². The molecule has 1 aromatic rings. The highest BCUT2D eigenvalue weighted by Crippen LogP contribution is 2.10. The summed E-state index contributed by atoms with van der Waals surface area (Å²) < 4.78 is 0. The number of benzene rings is 1. The van der Waals surface area contributed by atoms with Gasteiger partial charge in [-0.3, -0.25) is 0 Å². The molecule has 0 bridgehead atoms. The molecular weight excluding hydrogens is 192 g/mol. The van der Waals surface area contributed by atoms with Crippen LogP contribution in [0.3, 0.4) is 0 Å². The van der Waals surface area contributed by atoms with Gasteiger partial charge in [0.05, 0.1) is 0 Å². The molecule has 94 valence electrons. The molecule has 0 aromatic heterocycles. The lowest BCUT2D eigenvalue weighted by molar-refractivity contribution is 0.647. The van der Waals surface area contributed by atoms with Gasteiger partial charge in [-0.2, -0.15) is 0 Å². The first kappa shape index (κ1) is 17.6. The van der Waals surface area contributed by atoms with Gasteiger partial charge in [0.25, 0.3) is 0 Å². The van der Waals surface area contributed by atoms with Crippen LogP contribution in [0.2, 0.25) is 0 Å². The third-order valence-corrected chi connectivity index (χ3v) is 2.04. The summed E-state index contributed by atoms with van der Waals surface area (Å²) in [5.41, 5.74) is 2.93. The van der Waals surface area contributed by atoms with Crippen LogP contribution in [-0.2, 0) is 12.8 Å². The zero-order valence-electron chi connectivity index (χ0n) is 12.3. The second-order valence-corrected chi connectivity index (χ2v) is 3.77. The van der Waals surface area contributed by atoms with Crippen molar-refractivity contribution in [1.82, 2.24) is 0 Å². The molecule has 0 nitrogen and oxygen atoms in total. The first-order chi connectivity index (χ1) is 7.72. The van der Waals surface area contributed by atoms with Gasteiger partial charge < -0.3 is 0 Å². The van der Waals surface area contributed by atoms with Crippen molar-refractivity contribution in [3.05, 3.63) is 35.4 Å². The van der Waals surface area contributed by atoms with Crippen molar-refractivity contribution in [1.29, 1.82) is 0 Å². The molecule has 0 N–H and O–H groups in total. The van der Waals surface area contributed by atoms with Crippen molar-refractivity contribution >= 4 is 0 Å². The Morgan fingerprint density at radius 2 is 1.44 bits per heavy atom. The molecule has 0 saturated heterocycles. The minimum Gasteiger partial charge on any atom is -0.0683 e. The molecule has 0 aliphatic carbocycles. The van der Waals surface area contributed by atoms with Gasteiger partial charge in [-0.15, -0.1) is 0 Å². The highest BCUT2D eigenvalue weighted by Gasteiger charge is 1.97. The summed E-state index contributed by atoms with van der Waals surface area (Å²) in [4.78, 5) is 0. The van der Waals surface area contributed by atoms with Gasteiger partial charge >= 0.3 is 0 Å². The zero-order valence-corrected chi connectivity index (χ0v) is 12.3. The van der Waals surface area contributed by atoms with E-state index in [9.17, 15) is 0 Å². The zero-order chi connectivity index (χ0) is 13.0. The van der Waals surface area contributed by atoms with E-state index in [1.807, 2.05) is 27.7 Å². The minimum absolute atomic E-state index is 0.761. The number of aryl methyl sites for hydroxylation is 1. The van der Waals surface area contributed by atoms with Gasteiger partial charge in [-0.05, 0) is 29.9 Å². The lowest BCUT2D eigenvalue weighted by Crippen LogP contribution is -1.94. The Labute approximate surface area is 103 Å². The summed E-state index contributed by atoms with van der Waals surface area (Å²) in [7, 11) is 0. The molecule has 1 aromatic carbocycles. The van der Waals surface area contributed by atoms with E-state index < -0.39 is 0 Å². The van der Waals surface area contributed by atoms with Crippen LogP contribution in [0.15, 0.2) is 24.3 Å². The van der Waals surface area contributed by atoms with E-state index in [-0.39, 0.29) is 0 Å². The third kappa shape index (κ3) is 8.52. The largest absolute Gasteiger partial charge is 0.0683 e. The van der Waals surface area contributed by atoms with Gasteiger partial charge in [0.15, 0.2) is 0 Å². The Bertz CT molecular complexity index is 236. The predicted octanol–water partition coefficient (Wildman–Crippen LogP) is 5.50. The highest BCUT2D eigenvalue weighted by atomic mass is 14.0. The molecule has 0 unspecified atom stereocenters. The lowest BCUT2D eigenvalue weighted by atomic mass is 10.0. The average Bonchev–Trinajstić information content (AvgIpc) is 2.33. The Hall–Kier alpha value is -0.780. The number of hydrogen-bond acceptors (Lipinski definition) is 0. The van der Waals surface area contributed by atoms with E-state index in [2.05, 4.69) is 45.0 Å². The van der Waals surface area contributed by atoms with Crippen molar-refractivity contribution < 1.29 is 0 Å². The third-order valence-electron chi connectivity index (χ3n) is 2.04. The van der Waals surface area contributed by atoms with Gasteiger partial charge in [0, 0.05) is 0 Å². The fourth-order valence-electron chi connectivity index (χ4n) is 1.45. The second-order valence-electron chi connectivity index (χ2n) is 3.77. The Kier molecular flexibility index (Phi) is 13.5. The van der Waals surface area contributed by atoms with Gasteiger partial charge in [-0.1, -0.05) is 72.7 Å². The molecule has 0 atom stereocenters. The molecule has 0 spiro atoms. The SMILES string of the molecule is CC.CC.CCc1cccc(CC(C)C)c1. The van der Waals surface area contributed by atoms with Crippen molar-refractivity contribution in [2.75, 3.05) is 0 Å². The maximum atomic E-state index is 2.32. The van der Waals surface area contributed by atoms with Crippen LogP contribution in [0.5, 0.6) is 0 Å². The van der Waals surface area contributed by atoms with Crippen molar-refractivity contribution in [2.45, 2.75) is 61.3 Å². The minimum atomic E-state index is 0.761. The van der Waals surface area contributed by atoms with Crippen LogP contribution in [-0.4, -0.2) is 0 Å². The normalized spacial score (nSPS) is 8.75. The summed E-state index contributed by atoms with van der Waals surface area (Å²) in [5.74, 6) is 0.761. The quantitative estimate of drug-likeness (QED) is 0.633. The summed E-state index contributed by atoms with van der Waals surface area (Å²) in [5, 5.41) is 0. The first-order valence-electron chi connectivity index (χ1n) is 6.80. The van der Waals surface area contributed by atoms with E-state index in [0.29, 0.717) is 0 Å². The van der Waals surface area contributed by atoms with Gasteiger partial charge in [0.1, 0.15) is 0 Å². The Morgan fingerprint density at radius 3 is 1.88 bits per heavy atom. The van der Waals surface area contributed by atoms with E-state index >= 15 is 0 Å². The maximum absolute atomic E-state index is 2.32. The first-order valence-corrected chi connectivity index (χ1v) is 6.80. The summed E-state index contributed by atoms with van der Waals surface area (Å²) in [6, 6.07) is 8.90. The van der Waals surface area contributed by atoms with Crippen molar-refractivity contribution in [3.8, 4) is 0 Å². The fraction of sp³-hybridized carbons (Fsp3) is 0.625. The van der Waals surface area contributed by atoms with Gasteiger partial charge in [0.2, 0.25) is 0 Å². The molecule has 0 aliphatic heterocycles. The summed E-state index contributed by atoms with van der Waals surface area (Å²) in [6.45, 7) is 14.7. The summed E-state index contributed by atoms with van der Waals surface area (Å²) >= 11 is 0. The van der Waals surface area contributed by atoms with Gasteiger partial charge in [-0.25, -0.2) is 0 Å². The van der Waals surface area contributed by atoms with Crippen LogP contribution in [0.4, 0.5) is 0 Å². The van der Waals surface area contributed by atoms with Crippen LogP contribution in [0.1, 0.15) is 59.6 Å². The van der Waals surface area contributed by atoms with E-state index in [4.69, 9.17) is 0 Å². The molecule has 0 saturated carbocycles. The maximum Gasteiger partial charge on any atom is -0.0256 e. The highest BCUT2D eigenvalue weighted by molar-refractivity contribution is 5.23. The smallest absolute Gasteiger partial charge is 0.0256 e. The molecule has 0 fully saturated rings. The van der Waals surface area contributed by atoms with E-state index in [1.54, 1.807) is 0 Å². The predicted molar refractivity (Wildman–Crippen MR) is 77.1 cm³/mol. The number of hydrogen-bond donors (Lipinski definition) is 0. The molecule has 0 amide bonds. The van der Waals surface area contributed by atoms with Crippen LogP contribution in [0.25, 0.3) is 0 Å². The van der Waals surface area contributed by atoms with E-state index in [0.717, 1.165) is 12.3 Å². The monoisotopic (exact) mass is 222 g/mol. The Morgan fingerprint density at radius 1 is 0.938 bits per heavy atom. The molecular formula is C16H30. The van der Waals surface area contributed by atoms with Crippen molar-refractivity contribution in [3.63, 3.8) is 0 Å². The standard InChI is InChI=1S/C12H18.2C2H6/c1-4-11-6-5-7-12(9-11)8-10(2)3;2*1-2/h5-7,9-10H,4,8H2,1-3H3;2*1-2H3. The molecule has 0 aliphatic rings. The average molecular weight is 222 g/mol. The van der Waals surface area contributed by atoms with Crippen LogP contribution >= 0.6 is 0 Å². The second kappa shape index (κ2) is 12.3. The number of rotatable bonds is 3. The van der Waals surface area contributed by atoms with Crippen LogP contribution < -0.4 is 0 Å². The Balaban J connectivity index is 0. The molecule has 1 rings (SSSR count). The molecule has 0 heteroatoms. The molecule has 0 radical (unpaired) electrons. The fourth-order valence-corrected chi connectivity index (χ4v) is 1.45.